The lowest BCUT2D eigenvalue weighted by atomic mass is 10.1. The predicted molar refractivity (Wildman–Crippen MR) is 116 cm³/mol. The van der Waals surface area contributed by atoms with Crippen molar-refractivity contribution in [3.63, 3.8) is 0 Å². The van der Waals surface area contributed by atoms with Crippen molar-refractivity contribution in [1.29, 1.82) is 0 Å². The van der Waals surface area contributed by atoms with Crippen molar-refractivity contribution in [2.24, 2.45) is 0 Å². The maximum atomic E-state index is 13.0. The Morgan fingerprint density at radius 2 is 1.72 bits per heavy atom. The molecule has 158 valence electrons. The average Bonchev–Trinajstić information content (AvgIpc) is 2.63. The number of nitrogens with one attached hydrogen (secondary N) is 2. The van der Waals surface area contributed by atoms with Gasteiger partial charge in [-0.15, -0.1) is 0 Å². The largest absolute Gasteiger partial charge is 0.490 e. The van der Waals surface area contributed by atoms with Crippen LogP contribution >= 0.6 is 15.9 Å². The van der Waals surface area contributed by atoms with E-state index in [2.05, 4.69) is 26.6 Å². The Balaban J connectivity index is 2.02. The number of carbonyl (C=O) groups excluding carboxylic acids is 1. The molecule has 2 aromatic carbocycles. The summed E-state index contributed by atoms with van der Waals surface area (Å²) in [6.45, 7) is 9.23. The van der Waals surface area contributed by atoms with Gasteiger partial charge in [0.15, 0.2) is 18.1 Å². The first-order valence-corrected chi connectivity index (χ1v) is 10.3. The molecular formula is C22H28BrFN2O3. The molecule has 2 aromatic rings. The minimum Gasteiger partial charge on any atom is -0.490 e. The van der Waals surface area contributed by atoms with Gasteiger partial charge in [-0.25, -0.2) is 4.39 Å². The molecule has 7 heteroatoms. The second-order valence-electron chi connectivity index (χ2n) is 7.64. The zero-order valence-electron chi connectivity index (χ0n) is 17.3. The van der Waals surface area contributed by atoms with Gasteiger partial charge in [-0.1, -0.05) is 28.1 Å². The number of amides is 1. The normalized spacial score (nSPS) is 11.2. The summed E-state index contributed by atoms with van der Waals surface area (Å²) in [5.41, 5.74) is 1.67. The zero-order chi connectivity index (χ0) is 21.4. The Labute approximate surface area is 180 Å². The number of halogens is 2. The predicted octanol–water partition coefficient (Wildman–Crippen LogP) is 4.57. The number of carbonyl (C=O) groups is 1. The van der Waals surface area contributed by atoms with E-state index in [1.807, 2.05) is 39.8 Å². The van der Waals surface area contributed by atoms with E-state index < -0.39 is 0 Å². The third-order valence-corrected chi connectivity index (χ3v) is 4.58. The quantitative estimate of drug-likeness (QED) is 0.568. The van der Waals surface area contributed by atoms with E-state index in [1.54, 1.807) is 12.1 Å². The molecule has 0 atom stereocenters. The van der Waals surface area contributed by atoms with Gasteiger partial charge in [-0.2, -0.15) is 0 Å². The van der Waals surface area contributed by atoms with Gasteiger partial charge in [-0.05, 0) is 63.1 Å². The van der Waals surface area contributed by atoms with Crippen LogP contribution in [0.25, 0.3) is 0 Å². The van der Waals surface area contributed by atoms with Gasteiger partial charge >= 0.3 is 0 Å². The highest BCUT2D eigenvalue weighted by Crippen LogP contribution is 2.34. The van der Waals surface area contributed by atoms with Crippen molar-refractivity contribution < 1.29 is 18.7 Å². The third kappa shape index (κ3) is 8.03. The molecule has 0 spiro atoms. The summed E-state index contributed by atoms with van der Waals surface area (Å²) in [6, 6.07) is 10.1. The van der Waals surface area contributed by atoms with E-state index in [4.69, 9.17) is 9.47 Å². The summed E-state index contributed by atoms with van der Waals surface area (Å²) >= 11 is 3.56. The maximum Gasteiger partial charge on any atom is 0.258 e. The Morgan fingerprint density at radius 1 is 1.07 bits per heavy atom. The highest BCUT2D eigenvalue weighted by Gasteiger charge is 2.16. The fourth-order valence-corrected chi connectivity index (χ4v) is 3.10. The van der Waals surface area contributed by atoms with Crippen LogP contribution in [0.15, 0.2) is 40.9 Å². The van der Waals surface area contributed by atoms with E-state index in [-0.39, 0.29) is 23.9 Å². The van der Waals surface area contributed by atoms with Crippen molar-refractivity contribution in [1.82, 2.24) is 10.6 Å². The number of benzene rings is 2. The van der Waals surface area contributed by atoms with E-state index in [0.29, 0.717) is 31.2 Å². The van der Waals surface area contributed by atoms with Crippen LogP contribution in [0.4, 0.5) is 4.39 Å². The first-order chi connectivity index (χ1) is 13.7. The van der Waals surface area contributed by atoms with Crippen molar-refractivity contribution in [3.8, 4) is 11.5 Å². The molecule has 0 saturated heterocycles. The van der Waals surface area contributed by atoms with E-state index in [1.165, 1.54) is 12.1 Å². The molecule has 2 rings (SSSR count). The molecule has 0 aromatic heterocycles. The Hall–Kier alpha value is -2.12. The van der Waals surface area contributed by atoms with Crippen LogP contribution in [-0.4, -0.2) is 24.7 Å². The Bertz CT molecular complexity index is 820. The van der Waals surface area contributed by atoms with Crippen LogP contribution in [0.3, 0.4) is 0 Å². The van der Waals surface area contributed by atoms with Gasteiger partial charge in [0.25, 0.3) is 5.91 Å². The molecule has 0 aliphatic carbocycles. The Kier molecular flexibility index (Phi) is 8.46. The average molecular weight is 467 g/mol. The van der Waals surface area contributed by atoms with Gasteiger partial charge in [0, 0.05) is 23.1 Å². The van der Waals surface area contributed by atoms with Gasteiger partial charge in [0.05, 0.1) is 6.61 Å². The van der Waals surface area contributed by atoms with E-state index in [0.717, 1.165) is 15.6 Å². The lowest BCUT2D eigenvalue weighted by Gasteiger charge is -2.21. The van der Waals surface area contributed by atoms with Crippen molar-refractivity contribution in [3.05, 3.63) is 57.8 Å². The first kappa shape index (κ1) is 23.2. The molecule has 0 fully saturated rings. The summed E-state index contributed by atoms with van der Waals surface area (Å²) < 4.78 is 25.2. The van der Waals surface area contributed by atoms with Crippen LogP contribution in [0.1, 0.15) is 38.8 Å². The Morgan fingerprint density at radius 3 is 2.34 bits per heavy atom. The van der Waals surface area contributed by atoms with Crippen LogP contribution in [0, 0.1) is 5.82 Å². The lowest BCUT2D eigenvalue weighted by molar-refractivity contribution is -0.124. The van der Waals surface area contributed by atoms with Crippen LogP contribution < -0.4 is 20.1 Å². The van der Waals surface area contributed by atoms with Gasteiger partial charge in [0.1, 0.15) is 5.82 Å². The fourth-order valence-electron chi connectivity index (χ4n) is 2.64. The molecule has 0 bridgehead atoms. The van der Waals surface area contributed by atoms with Gasteiger partial charge in [-0.3, -0.25) is 4.79 Å². The molecular weight excluding hydrogens is 439 g/mol. The third-order valence-electron chi connectivity index (χ3n) is 3.84. The molecule has 0 saturated carbocycles. The second-order valence-corrected chi connectivity index (χ2v) is 8.49. The summed E-state index contributed by atoms with van der Waals surface area (Å²) in [5.74, 6) is 0.647. The number of rotatable bonds is 9. The zero-order valence-corrected chi connectivity index (χ0v) is 18.9. The topological polar surface area (TPSA) is 59.6 Å². The lowest BCUT2D eigenvalue weighted by Crippen LogP contribution is -2.43. The highest BCUT2D eigenvalue weighted by atomic mass is 79.9. The monoisotopic (exact) mass is 466 g/mol. The van der Waals surface area contributed by atoms with Crippen LogP contribution in [0.5, 0.6) is 11.5 Å². The van der Waals surface area contributed by atoms with Crippen LogP contribution in [0.2, 0.25) is 0 Å². The summed E-state index contributed by atoms with van der Waals surface area (Å²) in [4.78, 5) is 12.0. The molecule has 5 nitrogen and oxygen atoms in total. The first-order valence-electron chi connectivity index (χ1n) is 9.52. The molecule has 0 radical (unpaired) electrons. The molecule has 0 unspecified atom stereocenters. The second kappa shape index (κ2) is 10.6. The van der Waals surface area contributed by atoms with Crippen LogP contribution in [-0.2, 0) is 17.9 Å². The molecule has 1 amide bonds. The van der Waals surface area contributed by atoms with Crippen molar-refractivity contribution >= 4 is 21.8 Å². The van der Waals surface area contributed by atoms with Crippen molar-refractivity contribution in [2.45, 2.75) is 46.3 Å². The highest BCUT2D eigenvalue weighted by molar-refractivity contribution is 9.10. The maximum absolute atomic E-state index is 13.0. The minimum atomic E-state index is -0.316. The van der Waals surface area contributed by atoms with E-state index >= 15 is 0 Å². The SMILES string of the molecule is CCOc1cc(CNCc2ccc(F)cc2)c(Br)cc1OCC(=O)NC(C)(C)C. The molecule has 0 aliphatic rings. The fraction of sp³-hybridized carbons (Fsp3) is 0.409. The molecule has 2 N–H and O–H groups in total. The number of hydrogen-bond donors (Lipinski definition) is 2. The van der Waals surface area contributed by atoms with E-state index in [9.17, 15) is 9.18 Å². The molecule has 0 aliphatic heterocycles. The smallest absolute Gasteiger partial charge is 0.258 e. The summed E-state index contributed by atoms with van der Waals surface area (Å²) in [5, 5.41) is 6.19. The molecule has 29 heavy (non-hydrogen) atoms. The minimum absolute atomic E-state index is 0.0913. The van der Waals surface area contributed by atoms with Crippen molar-refractivity contribution in [2.75, 3.05) is 13.2 Å². The summed E-state index contributed by atoms with van der Waals surface area (Å²) in [7, 11) is 0. The molecule has 0 heterocycles. The van der Waals surface area contributed by atoms with Gasteiger partial charge in [0.2, 0.25) is 0 Å². The number of hydrogen-bond acceptors (Lipinski definition) is 4. The van der Waals surface area contributed by atoms with Gasteiger partial charge < -0.3 is 20.1 Å². The number of ether oxygens (including phenoxy) is 2. The summed E-state index contributed by atoms with van der Waals surface area (Å²) in [6.07, 6.45) is 0. The standard InChI is InChI=1S/C22H28BrFN2O3/c1-5-28-19-10-16(13-25-12-15-6-8-17(24)9-7-15)18(23)11-20(19)29-14-21(27)26-22(2,3)4/h6-11,25H,5,12-14H2,1-4H3,(H,26,27).